The van der Waals surface area contributed by atoms with Crippen LogP contribution in [0.15, 0.2) is 0 Å². The molecule has 1 atom stereocenters. The van der Waals surface area contributed by atoms with E-state index >= 15 is 0 Å². The first-order valence-electron chi connectivity index (χ1n) is 7.04. The van der Waals surface area contributed by atoms with Crippen LogP contribution >= 0.6 is 0 Å². The maximum absolute atomic E-state index is 3.58. The summed E-state index contributed by atoms with van der Waals surface area (Å²) in [6.45, 7) is 14.2. The minimum Gasteiger partial charge on any atom is -0.315 e. The molecule has 0 saturated carbocycles. The fourth-order valence-electron chi connectivity index (χ4n) is 2.62. The van der Waals surface area contributed by atoms with E-state index in [1.54, 1.807) is 0 Å². The zero-order chi connectivity index (χ0) is 12.0. The van der Waals surface area contributed by atoms with Gasteiger partial charge in [0, 0.05) is 25.7 Å². The third kappa shape index (κ3) is 5.31. The molecule has 16 heavy (non-hydrogen) atoms. The maximum atomic E-state index is 3.58. The summed E-state index contributed by atoms with van der Waals surface area (Å²) >= 11 is 0. The van der Waals surface area contributed by atoms with E-state index < -0.39 is 0 Å². The van der Waals surface area contributed by atoms with Gasteiger partial charge in [-0.15, -0.1) is 0 Å². The van der Waals surface area contributed by atoms with Gasteiger partial charge in [0.1, 0.15) is 0 Å². The SMILES string of the molecule is CC(C)CN(CC(C)C)C1CCCCNC1. The van der Waals surface area contributed by atoms with Crippen molar-refractivity contribution in [2.24, 2.45) is 11.8 Å². The molecule has 96 valence electrons. The van der Waals surface area contributed by atoms with E-state index in [1.807, 2.05) is 0 Å². The molecular weight excluding hydrogens is 196 g/mol. The van der Waals surface area contributed by atoms with Crippen molar-refractivity contribution >= 4 is 0 Å². The van der Waals surface area contributed by atoms with Gasteiger partial charge in [-0.05, 0) is 31.2 Å². The lowest BCUT2D eigenvalue weighted by Gasteiger charge is -2.33. The molecule has 1 aliphatic rings. The zero-order valence-corrected chi connectivity index (χ0v) is 11.6. The number of hydrogen-bond donors (Lipinski definition) is 1. The highest BCUT2D eigenvalue weighted by Gasteiger charge is 2.21. The summed E-state index contributed by atoms with van der Waals surface area (Å²) in [7, 11) is 0. The van der Waals surface area contributed by atoms with Crippen molar-refractivity contribution in [3.8, 4) is 0 Å². The van der Waals surface area contributed by atoms with E-state index in [9.17, 15) is 0 Å². The Kier molecular flexibility index (Phi) is 6.37. The van der Waals surface area contributed by atoms with Crippen molar-refractivity contribution in [3.63, 3.8) is 0 Å². The molecule has 1 rings (SSSR count). The van der Waals surface area contributed by atoms with Gasteiger partial charge in [0.05, 0.1) is 0 Å². The predicted octanol–water partition coefficient (Wildman–Crippen LogP) is 2.74. The Balaban J connectivity index is 2.50. The fourth-order valence-corrected chi connectivity index (χ4v) is 2.62. The average molecular weight is 226 g/mol. The highest BCUT2D eigenvalue weighted by molar-refractivity contribution is 4.78. The first-order chi connectivity index (χ1) is 7.59. The zero-order valence-electron chi connectivity index (χ0n) is 11.6. The molecule has 0 bridgehead atoms. The molecule has 0 aliphatic carbocycles. The van der Waals surface area contributed by atoms with Crippen LogP contribution in [0.25, 0.3) is 0 Å². The van der Waals surface area contributed by atoms with Gasteiger partial charge in [0.25, 0.3) is 0 Å². The summed E-state index contributed by atoms with van der Waals surface area (Å²) in [4.78, 5) is 2.72. The number of nitrogens with one attached hydrogen (secondary N) is 1. The Morgan fingerprint density at radius 3 is 2.25 bits per heavy atom. The summed E-state index contributed by atoms with van der Waals surface area (Å²) in [5, 5.41) is 3.58. The number of rotatable bonds is 5. The second-order valence-electron chi connectivity index (χ2n) is 6.10. The Labute approximate surface area is 102 Å². The largest absolute Gasteiger partial charge is 0.315 e. The summed E-state index contributed by atoms with van der Waals surface area (Å²) < 4.78 is 0. The van der Waals surface area contributed by atoms with E-state index in [0.717, 1.165) is 17.9 Å². The molecule has 0 radical (unpaired) electrons. The highest BCUT2D eigenvalue weighted by Crippen LogP contribution is 2.15. The van der Waals surface area contributed by atoms with Crippen molar-refractivity contribution in [1.82, 2.24) is 10.2 Å². The molecule has 1 fully saturated rings. The van der Waals surface area contributed by atoms with Gasteiger partial charge in [0.15, 0.2) is 0 Å². The monoisotopic (exact) mass is 226 g/mol. The Bertz CT molecular complexity index is 160. The molecule has 0 amide bonds. The van der Waals surface area contributed by atoms with Gasteiger partial charge in [-0.1, -0.05) is 34.1 Å². The third-order valence-corrected chi connectivity index (χ3v) is 3.24. The lowest BCUT2D eigenvalue weighted by molar-refractivity contribution is 0.149. The average Bonchev–Trinajstić information content (AvgIpc) is 2.42. The first kappa shape index (κ1) is 14.0. The second-order valence-corrected chi connectivity index (χ2v) is 6.10. The van der Waals surface area contributed by atoms with E-state index in [0.29, 0.717) is 0 Å². The number of hydrogen-bond acceptors (Lipinski definition) is 2. The summed E-state index contributed by atoms with van der Waals surface area (Å²) in [5.41, 5.74) is 0. The summed E-state index contributed by atoms with van der Waals surface area (Å²) in [6.07, 6.45) is 4.13. The smallest absolute Gasteiger partial charge is 0.0220 e. The van der Waals surface area contributed by atoms with E-state index in [4.69, 9.17) is 0 Å². The minimum atomic E-state index is 0.771. The van der Waals surface area contributed by atoms with Gasteiger partial charge in [-0.2, -0.15) is 0 Å². The minimum absolute atomic E-state index is 0.771. The Hall–Kier alpha value is -0.0800. The van der Waals surface area contributed by atoms with Crippen LogP contribution in [0.2, 0.25) is 0 Å². The molecule has 0 aromatic rings. The fraction of sp³-hybridized carbons (Fsp3) is 1.00. The standard InChI is InChI=1S/C14H30N2/c1-12(2)10-16(11-13(3)4)14-7-5-6-8-15-9-14/h12-15H,5-11H2,1-4H3. The maximum Gasteiger partial charge on any atom is 0.0220 e. The topological polar surface area (TPSA) is 15.3 Å². The van der Waals surface area contributed by atoms with Crippen molar-refractivity contribution in [2.75, 3.05) is 26.2 Å². The highest BCUT2D eigenvalue weighted by atomic mass is 15.2. The molecule has 0 aromatic carbocycles. The van der Waals surface area contributed by atoms with Crippen LogP contribution in [-0.4, -0.2) is 37.1 Å². The van der Waals surface area contributed by atoms with Gasteiger partial charge >= 0.3 is 0 Å². The van der Waals surface area contributed by atoms with Crippen LogP contribution in [0, 0.1) is 11.8 Å². The van der Waals surface area contributed by atoms with E-state index in [-0.39, 0.29) is 0 Å². The van der Waals surface area contributed by atoms with Crippen LogP contribution in [0.1, 0.15) is 47.0 Å². The molecule has 1 unspecified atom stereocenters. The first-order valence-corrected chi connectivity index (χ1v) is 7.04. The molecule has 0 spiro atoms. The van der Waals surface area contributed by atoms with Gasteiger partial charge in [0.2, 0.25) is 0 Å². The van der Waals surface area contributed by atoms with E-state index in [2.05, 4.69) is 37.9 Å². The van der Waals surface area contributed by atoms with E-state index in [1.165, 1.54) is 45.4 Å². The lowest BCUT2D eigenvalue weighted by Crippen LogP contribution is -2.44. The number of nitrogens with zero attached hydrogens (tertiary/aromatic N) is 1. The Morgan fingerprint density at radius 1 is 1.06 bits per heavy atom. The van der Waals surface area contributed by atoms with Crippen molar-refractivity contribution in [3.05, 3.63) is 0 Å². The van der Waals surface area contributed by atoms with Crippen LogP contribution in [0.5, 0.6) is 0 Å². The Morgan fingerprint density at radius 2 is 1.69 bits per heavy atom. The molecule has 2 heteroatoms. The molecule has 0 aromatic heterocycles. The van der Waals surface area contributed by atoms with Crippen LogP contribution in [0.3, 0.4) is 0 Å². The van der Waals surface area contributed by atoms with Crippen LogP contribution in [-0.2, 0) is 0 Å². The van der Waals surface area contributed by atoms with Gasteiger partial charge < -0.3 is 5.32 Å². The summed E-state index contributed by atoms with van der Waals surface area (Å²) in [5.74, 6) is 1.56. The molecule has 1 heterocycles. The quantitative estimate of drug-likeness (QED) is 0.775. The molecule has 1 saturated heterocycles. The molecule has 2 nitrogen and oxygen atoms in total. The van der Waals surface area contributed by atoms with Crippen molar-refractivity contribution in [1.29, 1.82) is 0 Å². The predicted molar refractivity (Wildman–Crippen MR) is 71.8 cm³/mol. The second kappa shape index (κ2) is 7.29. The molecular formula is C14H30N2. The molecule has 1 N–H and O–H groups in total. The lowest BCUT2D eigenvalue weighted by atomic mass is 10.0. The van der Waals surface area contributed by atoms with Crippen LogP contribution in [0.4, 0.5) is 0 Å². The normalized spacial score (nSPS) is 23.1. The third-order valence-electron chi connectivity index (χ3n) is 3.24. The molecule has 1 aliphatic heterocycles. The van der Waals surface area contributed by atoms with Crippen molar-refractivity contribution < 1.29 is 0 Å². The summed E-state index contributed by atoms with van der Waals surface area (Å²) in [6, 6.07) is 0.771. The van der Waals surface area contributed by atoms with Crippen molar-refractivity contribution in [2.45, 2.75) is 53.0 Å². The van der Waals surface area contributed by atoms with Gasteiger partial charge in [-0.3, -0.25) is 4.90 Å². The van der Waals surface area contributed by atoms with Crippen LogP contribution < -0.4 is 5.32 Å². The van der Waals surface area contributed by atoms with Gasteiger partial charge in [-0.25, -0.2) is 0 Å².